The molecule has 0 heterocycles. The number of nitrogens with one attached hydrogen (secondary N) is 3. The van der Waals surface area contributed by atoms with Crippen LogP contribution in [-0.4, -0.2) is 84.2 Å². The van der Waals surface area contributed by atoms with Crippen LogP contribution in [0.25, 0.3) is 0 Å². The highest BCUT2D eigenvalue weighted by atomic mass is 32.1. The third-order valence-corrected chi connectivity index (χ3v) is 4.48. The molecule has 0 saturated heterocycles. The number of aliphatic imine (C=N–C) groups is 2. The van der Waals surface area contributed by atoms with Gasteiger partial charge in [0.05, 0.1) is 6.04 Å². The average molecular weight is 491 g/mol. The van der Waals surface area contributed by atoms with Crippen molar-refractivity contribution in [1.82, 2.24) is 16.0 Å². The number of nitrogens with two attached hydrogens (primary N) is 5. The Morgan fingerprint density at radius 1 is 0.818 bits per heavy atom. The van der Waals surface area contributed by atoms with Crippen molar-refractivity contribution in [3.63, 3.8) is 0 Å². The van der Waals surface area contributed by atoms with Crippen molar-refractivity contribution in [2.75, 3.05) is 25.4 Å². The number of aliphatic carboxylic acids is 1. The lowest BCUT2D eigenvalue weighted by molar-refractivity contribution is -0.138. The standard InChI is InChI=1S/C17H34N10O5S/c18-9(3-1-5-23-16(19)20)13(30)26-10(4-2-6-24-17(21)22)15(32)27-11(8-33)14(31)25-7-12(28)29/h9-11,33H,1-8,18H2,(H,25,31)(H,26,30)(H,27,32)(H,28,29)(H4,19,20,23)(H4,21,22,24)/t9-,10-,11-/m0/s1. The fourth-order valence-corrected chi connectivity index (χ4v) is 2.71. The summed E-state index contributed by atoms with van der Waals surface area (Å²) in [5, 5.41) is 15.8. The number of carbonyl (C=O) groups excluding carboxylic acids is 3. The van der Waals surface area contributed by atoms with Crippen molar-refractivity contribution in [2.24, 2.45) is 38.7 Å². The first-order valence-electron chi connectivity index (χ1n) is 10.0. The highest BCUT2D eigenvalue weighted by molar-refractivity contribution is 7.80. The smallest absolute Gasteiger partial charge is 0.322 e. The Balaban J connectivity index is 5.10. The van der Waals surface area contributed by atoms with Crippen molar-refractivity contribution < 1.29 is 24.3 Å². The molecule has 0 saturated carbocycles. The molecule has 0 unspecified atom stereocenters. The monoisotopic (exact) mass is 490 g/mol. The Morgan fingerprint density at radius 2 is 1.33 bits per heavy atom. The first-order chi connectivity index (χ1) is 15.5. The first-order valence-corrected chi connectivity index (χ1v) is 10.7. The third kappa shape index (κ3) is 14.4. The van der Waals surface area contributed by atoms with Gasteiger partial charge in [-0.25, -0.2) is 0 Å². The zero-order valence-electron chi connectivity index (χ0n) is 18.2. The van der Waals surface area contributed by atoms with E-state index in [4.69, 9.17) is 33.8 Å². The van der Waals surface area contributed by atoms with Crippen LogP contribution >= 0.6 is 12.6 Å². The van der Waals surface area contributed by atoms with Crippen molar-refractivity contribution in [2.45, 2.75) is 43.8 Å². The number of hydrogen-bond acceptors (Lipinski definition) is 8. The van der Waals surface area contributed by atoms with E-state index in [0.717, 1.165) is 0 Å². The van der Waals surface area contributed by atoms with Crippen LogP contribution in [0.4, 0.5) is 0 Å². The Kier molecular flexibility index (Phi) is 14.8. The minimum atomic E-state index is -1.24. The molecule has 0 radical (unpaired) electrons. The van der Waals surface area contributed by atoms with Crippen molar-refractivity contribution in [3.8, 4) is 0 Å². The minimum absolute atomic E-state index is 0.0725. The van der Waals surface area contributed by atoms with Crippen LogP contribution in [0.3, 0.4) is 0 Å². The molecule has 0 spiro atoms. The van der Waals surface area contributed by atoms with Crippen molar-refractivity contribution >= 4 is 48.2 Å². The zero-order chi connectivity index (χ0) is 25.4. The summed E-state index contributed by atoms with van der Waals surface area (Å²) in [5.74, 6) is -3.53. The van der Waals surface area contributed by atoms with Crippen molar-refractivity contribution in [3.05, 3.63) is 0 Å². The largest absolute Gasteiger partial charge is 0.480 e. The van der Waals surface area contributed by atoms with E-state index in [1.54, 1.807) is 0 Å². The molecule has 3 amide bonds. The minimum Gasteiger partial charge on any atom is -0.480 e. The second-order valence-corrected chi connectivity index (χ2v) is 7.29. The molecular weight excluding hydrogens is 456 g/mol. The summed E-state index contributed by atoms with van der Waals surface area (Å²) in [6.45, 7) is -0.116. The van der Waals surface area contributed by atoms with E-state index in [2.05, 4.69) is 38.6 Å². The van der Waals surface area contributed by atoms with Crippen LogP contribution in [0.15, 0.2) is 9.98 Å². The highest BCUT2D eigenvalue weighted by Gasteiger charge is 2.27. The molecule has 0 aromatic rings. The molecule has 0 aromatic carbocycles. The van der Waals surface area contributed by atoms with Crippen LogP contribution in [0.5, 0.6) is 0 Å². The zero-order valence-corrected chi connectivity index (χ0v) is 19.1. The van der Waals surface area contributed by atoms with Crippen LogP contribution in [0.2, 0.25) is 0 Å². The van der Waals surface area contributed by atoms with Crippen LogP contribution in [-0.2, 0) is 19.2 Å². The first kappa shape index (κ1) is 29.7. The third-order valence-electron chi connectivity index (χ3n) is 4.11. The predicted molar refractivity (Wildman–Crippen MR) is 126 cm³/mol. The summed E-state index contributed by atoms with van der Waals surface area (Å²) in [6.07, 6.45) is 1.19. The van der Waals surface area contributed by atoms with Gasteiger partial charge >= 0.3 is 5.97 Å². The fraction of sp³-hybridized carbons (Fsp3) is 0.647. The molecule has 0 aliphatic rings. The molecule has 33 heavy (non-hydrogen) atoms. The number of hydrogen-bond donors (Lipinski definition) is 10. The molecule has 0 fully saturated rings. The van der Waals surface area contributed by atoms with Gasteiger partial charge in [0.2, 0.25) is 17.7 Å². The number of carboxylic acids is 1. The van der Waals surface area contributed by atoms with E-state index in [1.807, 2.05) is 0 Å². The van der Waals surface area contributed by atoms with Crippen LogP contribution < -0.4 is 44.6 Å². The summed E-state index contributed by atoms with van der Waals surface area (Å²) < 4.78 is 0. The lowest BCUT2D eigenvalue weighted by Crippen LogP contribution is -2.56. The molecular formula is C17H34N10O5S. The molecule has 0 aromatic heterocycles. The number of carboxylic acid groups (broad SMARTS) is 1. The second kappa shape index (κ2) is 16.4. The van der Waals surface area contributed by atoms with E-state index in [0.29, 0.717) is 19.4 Å². The van der Waals surface area contributed by atoms with Gasteiger partial charge in [0.15, 0.2) is 11.9 Å². The molecule has 14 N–H and O–H groups in total. The number of amides is 3. The molecule has 0 aliphatic carbocycles. The normalized spacial score (nSPS) is 13.0. The van der Waals surface area contributed by atoms with Crippen LogP contribution in [0.1, 0.15) is 25.7 Å². The topological polar surface area (TPSA) is 279 Å². The Labute approximate surface area is 196 Å². The Bertz CT molecular complexity index is 725. The van der Waals surface area contributed by atoms with E-state index in [1.165, 1.54) is 0 Å². The molecule has 15 nitrogen and oxygen atoms in total. The molecule has 16 heteroatoms. The number of nitrogens with zero attached hydrogens (tertiary/aromatic N) is 2. The fourth-order valence-electron chi connectivity index (χ4n) is 2.45. The highest BCUT2D eigenvalue weighted by Crippen LogP contribution is 2.03. The van der Waals surface area contributed by atoms with Gasteiger partial charge in [-0.3, -0.25) is 29.2 Å². The van der Waals surface area contributed by atoms with E-state index >= 15 is 0 Å². The SMILES string of the molecule is NC(N)=NCCC[C@H](NC(=O)[C@@H](N)CCCN=C(N)N)C(=O)N[C@@H](CS)C(=O)NCC(=O)O. The van der Waals surface area contributed by atoms with Gasteiger partial charge in [0.25, 0.3) is 0 Å². The summed E-state index contributed by atoms with van der Waals surface area (Å²) in [6, 6.07) is -3.09. The number of thiol groups is 1. The van der Waals surface area contributed by atoms with Gasteiger partial charge in [0.1, 0.15) is 18.6 Å². The second-order valence-electron chi connectivity index (χ2n) is 6.92. The van der Waals surface area contributed by atoms with Gasteiger partial charge in [-0.1, -0.05) is 0 Å². The summed E-state index contributed by atoms with van der Waals surface area (Å²) >= 11 is 4.01. The van der Waals surface area contributed by atoms with Gasteiger partial charge in [0, 0.05) is 18.8 Å². The van der Waals surface area contributed by atoms with Gasteiger partial charge in [-0.2, -0.15) is 12.6 Å². The quantitative estimate of drug-likeness (QED) is 0.0428. The van der Waals surface area contributed by atoms with E-state index in [-0.39, 0.29) is 37.1 Å². The molecule has 0 rings (SSSR count). The Morgan fingerprint density at radius 3 is 1.82 bits per heavy atom. The molecule has 188 valence electrons. The lowest BCUT2D eigenvalue weighted by Gasteiger charge is -2.23. The summed E-state index contributed by atoms with van der Waals surface area (Å²) in [5.41, 5.74) is 26.9. The molecule has 0 bridgehead atoms. The maximum absolute atomic E-state index is 12.7. The van der Waals surface area contributed by atoms with Crippen molar-refractivity contribution in [1.29, 1.82) is 0 Å². The number of guanidine groups is 2. The summed E-state index contributed by atoms with van der Waals surface area (Å²) in [4.78, 5) is 55.5. The van der Waals surface area contributed by atoms with E-state index in [9.17, 15) is 19.2 Å². The van der Waals surface area contributed by atoms with Crippen LogP contribution in [0, 0.1) is 0 Å². The number of carbonyl (C=O) groups is 4. The molecule has 3 atom stereocenters. The predicted octanol–water partition coefficient (Wildman–Crippen LogP) is -4.48. The van der Waals surface area contributed by atoms with Gasteiger partial charge < -0.3 is 49.7 Å². The Hall–Kier alpha value is -3.27. The molecule has 0 aliphatic heterocycles. The van der Waals surface area contributed by atoms with Gasteiger partial charge in [-0.05, 0) is 25.7 Å². The van der Waals surface area contributed by atoms with E-state index < -0.39 is 48.4 Å². The maximum atomic E-state index is 12.7. The lowest BCUT2D eigenvalue weighted by atomic mass is 10.1. The summed E-state index contributed by atoms with van der Waals surface area (Å²) in [7, 11) is 0. The maximum Gasteiger partial charge on any atom is 0.322 e. The number of rotatable bonds is 16. The van der Waals surface area contributed by atoms with Gasteiger partial charge in [-0.15, -0.1) is 0 Å². The average Bonchev–Trinajstić information content (AvgIpc) is 2.74.